The van der Waals surface area contributed by atoms with Crippen LogP contribution in [0.1, 0.15) is 42.5 Å². The molecule has 9 heteroatoms. The van der Waals surface area contributed by atoms with Crippen molar-refractivity contribution in [1.29, 1.82) is 0 Å². The average Bonchev–Trinajstić information content (AvgIpc) is 3.39. The third-order valence-corrected chi connectivity index (χ3v) is 8.57. The summed E-state index contributed by atoms with van der Waals surface area (Å²) < 4.78 is 40.1. The summed E-state index contributed by atoms with van der Waals surface area (Å²) in [5.74, 6) is 0.695. The lowest BCUT2D eigenvalue weighted by Crippen LogP contribution is -2.31. The minimum absolute atomic E-state index is 0.0955. The number of hydrogen-bond donors (Lipinski definition) is 1. The number of ether oxygens (including phenoxy) is 2. The summed E-state index contributed by atoms with van der Waals surface area (Å²) in [7, 11) is -3.61. The molecule has 0 unspecified atom stereocenters. The van der Waals surface area contributed by atoms with E-state index < -0.39 is 10.0 Å². The first-order chi connectivity index (χ1) is 15.4. The molecule has 0 amide bonds. The minimum Gasteiger partial charge on any atom is -0.379 e. The topological polar surface area (TPSA) is 80.8 Å². The zero-order chi connectivity index (χ0) is 22.7. The van der Waals surface area contributed by atoms with Crippen LogP contribution in [-0.4, -0.2) is 56.7 Å². The zero-order valence-electron chi connectivity index (χ0n) is 18.5. The quantitative estimate of drug-likeness (QED) is 0.499. The van der Waals surface area contributed by atoms with E-state index in [4.69, 9.17) is 9.47 Å². The van der Waals surface area contributed by atoms with Crippen molar-refractivity contribution in [2.24, 2.45) is 0 Å². The Morgan fingerprint density at radius 3 is 2.88 bits per heavy atom. The van der Waals surface area contributed by atoms with Crippen molar-refractivity contribution in [3.05, 3.63) is 51.6 Å². The second kappa shape index (κ2) is 10.2. The highest BCUT2D eigenvalue weighted by Gasteiger charge is 2.34. The van der Waals surface area contributed by atoms with Crippen molar-refractivity contribution in [3.63, 3.8) is 0 Å². The molecule has 1 fully saturated rings. The third kappa shape index (κ3) is 5.17. The highest BCUT2D eigenvalue weighted by molar-refractivity contribution is 9.10. The SMILES string of the molecule is CCOCCO[C@H]1CCN(S(=O)(=O)c2cnc(N[C@H]3CCc4cc(Br)ccc43)cc2C)C1. The molecular formula is C23H30BrN3O4S. The second-order valence-corrected chi connectivity index (χ2v) is 11.1. The summed E-state index contributed by atoms with van der Waals surface area (Å²) in [6.07, 6.45) is 4.08. The molecule has 174 valence electrons. The Morgan fingerprint density at radius 2 is 2.09 bits per heavy atom. The Morgan fingerprint density at radius 1 is 1.25 bits per heavy atom. The number of anilines is 1. The molecule has 1 aromatic carbocycles. The van der Waals surface area contributed by atoms with Gasteiger partial charge in [-0.3, -0.25) is 0 Å². The summed E-state index contributed by atoms with van der Waals surface area (Å²) in [5, 5.41) is 3.48. The summed E-state index contributed by atoms with van der Waals surface area (Å²) in [6.45, 7) is 6.24. The van der Waals surface area contributed by atoms with Crippen LogP contribution in [0.2, 0.25) is 0 Å². The molecule has 7 nitrogen and oxygen atoms in total. The van der Waals surface area contributed by atoms with Gasteiger partial charge in [0.05, 0.1) is 25.4 Å². The molecule has 0 saturated carbocycles. The lowest BCUT2D eigenvalue weighted by molar-refractivity contribution is 0.0143. The van der Waals surface area contributed by atoms with Gasteiger partial charge in [-0.1, -0.05) is 22.0 Å². The molecule has 1 N–H and O–H groups in total. The average molecular weight is 524 g/mol. The largest absolute Gasteiger partial charge is 0.379 e. The van der Waals surface area contributed by atoms with Crippen molar-refractivity contribution >= 4 is 31.8 Å². The Bertz CT molecular complexity index is 1060. The molecular weight excluding hydrogens is 494 g/mol. The van der Waals surface area contributed by atoms with Gasteiger partial charge in [0.1, 0.15) is 10.7 Å². The number of sulfonamides is 1. The standard InChI is InChI=1S/C23H30BrN3O4S/c1-3-30-10-11-31-19-8-9-27(15-19)32(28,29)22-14-25-23(12-16(22)2)26-21-7-4-17-13-18(24)5-6-20(17)21/h5-6,12-14,19,21H,3-4,7-11,15H2,1-2H3,(H,25,26)/t19-,21-/m0/s1. The van der Waals surface area contributed by atoms with Crippen LogP contribution in [0.3, 0.4) is 0 Å². The Labute approximate surface area is 198 Å². The molecule has 2 aliphatic rings. The molecule has 1 saturated heterocycles. The number of benzene rings is 1. The van der Waals surface area contributed by atoms with E-state index >= 15 is 0 Å². The third-order valence-electron chi connectivity index (χ3n) is 6.08. The van der Waals surface area contributed by atoms with E-state index in [1.54, 1.807) is 0 Å². The van der Waals surface area contributed by atoms with Crippen molar-refractivity contribution < 1.29 is 17.9 Å². The van der Waals surface area contributed by atoms with Crippen molar-refractivity contribution in [2.45, 2.75) is 50.2 Å². The van der Waals surface area contributed by atoms with Crippen LogP contribution < -0.4 is 5.32 Å². The van der Waals surface area contributed by atoms with E-state index in [9.17, 15) is 8.42 Å². The molecule has 0 radical (unpaired) electrons. The molecule has 2 atom stereocenters. The maximum atomic E-state index is 13.2. The summed E-state index contributed by atoms with van der Waals surface area (Å²) >= 11 is 3.53. The van der Waals surface area contributed by atoms with Crippen molar-refractivity contribution in [1.82, 2.24) is 9.29 Å². The van der Waals surface area contributed by atoms with E-state index in [0.717, 1.165) is 17.3 Å². The van der Waals surface area contributed by atoms with Gasteiger partial charge in [0.2, 0.25) is 10.0 Å². The van der Waals surface area contributed by atoms with Crippen LogP contribution in [0.5, 0.6) is 0 Å². The van der Waals surface area contributed by atoms with E-state index in [0.29, 0.717) is 50.7 Å². The lowest BCUT2D eigenvalue weighted by atomic mass is 10.1. The van der Waals surface area contributed by atoms with Gasteiger partial charge in [0.15, 0.2) is 0 Å². The summed E-state index contributed by atoms with van der Waals surface area (Å²) in [5.41, 5.74) is 3.30. The number of rotatable bonds is 9. The Balaban J connectivity index is 1.41. The highest BCUT2D eigenvalue weighted by atomic mass is 79.9. The van der Waals surface area contributed by atoms with Crippen LogP contribution in [0.4, 0.5) is 5.82 Å². The summed E-state index contributed by atoms with van der Waals surface area (Å²) in [6, 6.07) is 8.36. The first-order valence-electron chi connectivity index (χ1n) is 11.1. The van der Waals surface area contributed by atoms with E-state index in [1.807, 2.05) is 19.9 Å². The molecule has 2 aromatic rings. The second-order valence-electron chi connectivity index (χ2n) is 8.26. The maximum Gasteiger partial charge on any atom is 0.244 e. The fourth-order valence-corrected chi connectivity index (χ4v) is 6.46. The number of hydrogen-bond acceptors (Lipinski definition) is 6. The van der Waals surface area contributed by atoms with Crippen LogP contribution >= 0.6 is 15.9 Å². The number of aryl methyl sites for hydroxylation is 2. The fourth-order valence-electron chi connectivity index (χ4n) is 4.42. The van der Waals surface area contributed by atoms with Gasteiger partial charge < -0.3 is 14.8 Å². The highest BCUT2D eigenvalue weighted by Crippen LogP contribution is 2.35. The molecule has 2 heterocycles. The van der Waals surface area contributed by atoms with Crippen molar-refractivity contribution in [2.75, 3.05) is 38.2 Å². The molecule has 32 heavy (non-hydrogen) atoms. The zero-order valence-corrected chi connectivity index (χ0v) is 20.9. The van der Waals surface area contributed by atoms with E-state index in [-0.39, 0.29) is 17.0 Å². The number of nitrogens with zero attached hydrogens (tertiary/aromatic N) is 2. The van der Waals surface area contributed by atoms with Gasteiger partial charge in [-0.05, 0) is 68.0 Å². The number of aromatic nitrogens is 1. The summed E-state index contributed by atoms with van der Waals surface area (Å²) in [4.78, 5) is 4.70. The van der Waals surface area contributed by atoms with Crippen LogP contribution in [0, 0.1) is 6.92 Å². The maximum absolute atomic E-state index is 13.2. The Hall–Kier alpha value is -1.52. The van der Waals surface area contributed by atoms with Crippen LogP contribution in [0.25, 0.3) is 0 Å². The first kappa shape index (κ1) is 23.6. The van der Waals surface area contributed by atoms with Crippen molar-refractivity contribution in [3.8, 4) is 0 Å². The predicted molar refractivity (Wildman–Crippen MR) is 127 cm³/mol. The van der Waals surface area contributed by atoms with Gasteiger partial charge in [0.25, 0.3) is 0 Å². The lowest BCUT2D eigenvalue weighted by Gasteiger charge is -2.19. The van der Waals surface area contributed by atoms with Crippen LogP contribution in [0.15, 0.2) is 39.8 Å². The number of fused-ring (bicyclic) bond motifs is 1. The molecule has 1 aliphatic heterocycles. The van der Waals surface area contributed by atoms with Gasteiger partial charge in [-0.25, -0.2) is 13.4 Å². The van der Waals surface area contributed by atoms with E-state index in [2.05, 4.69) is 44.4 Å². The minimum atomic E-state index is -3.61. The van der Waals surface area contributed by atoms with Gasteiger partial charge in [-0.15, -0.1) is 0 Å². The van der Waals surface area contributed by atoms with Gasteiger partial charge >= 0.3 is 0 Å². The molecule has 1 aromatic heterocycles. The number of nitrogens with one attached hydrogen (secondary N) is 1. The molecule has 4 rings (SSSR count). The molecule has 0 bridgehead atoms. The Kier molecular flexibility index (Phi) is 7.51. The fraction of sp³-hybridized carbons (Fsp3) is 0.522. The van der Waals surface area contributed by atoms with Gasteiger partial charge in [0, 0.05) is 30.4 Å². The molecule has 1 aliphatic carbocycles. The first-order valence-corrected chi connectivity index (χ1v) is 13.3. The van der Waals surface area contributed by atoms with Crippen LogP contribution in [-0.2, 0) is 25.9 Å². The normalized spacial score (nSPS) is 21.1. The number of halogens is 1. The monoisotopic (exact) mass is 523 g/mol. The van der Waals surface area contributed by atoms with Gasteiger partial charge in [-0.2, -0.15) is 4.31 Å². The number of pyridine rings is 1. The molecule has 0 spiro atoms. The predicted octanol–water partition coefficient (Wildman–Crippen LogP) is 4.07. The smallest absolute Gasteiger partial charge is 0.244 e. The van der Waals surface area contributed by atoms with E-state index in [1.165, 1.54) is 21.6 Å².